The van der Waals surface area contributed by atoms with E-state index in [4.69, 9.17) is 0 Å². The highest BCUT2D eigenvalue weighted by Crippen LogP contribution is 2.32. The van der Waals surface area contributed by atoms with Gasteiger partial charge < -0.3 is 10.2 Å². The lowest BCUT2D eigenvalue weighted by molar-refractivity contribution is 0.435. The molecule has 0 atom stereocenters. The number of aromatic nitrogens is 2. The summed E-state index contributed by atoms with van der Waals surface area (Å²) >= 11 is 0. The SMILES string of the molecule is CNc1ncnc(N2CCC(C)CC2)c1C(C)C. The van der Waals surface area contributed by atoms with Crippen LogP contribution in [0.5, 0.6) is 0 Å². The largest absolute Gasteiger partial charge is 0.373 e. The van der Waals surface area contributed by atoms with Crippen LogP contribution in [0.3, 0.4) is 0 Å². The van der Waals surface area contributed by atoms with Crippen LogP contribution in [-0.2, 0) is 0 Å². The van der Waals surface area contributed by atoms with Gasteiger partial charge in [-0.05, 0) is 24.7 Å². The molecule has 0 aliphatic carbocycles. The Morgan fingerprint density at radius 1 is 1.28 bits per heavy atom. The van der Waals surface area contributed by atoms with Crippen molar-refractivity contribution in [1.82, 2.24) is 9.97 Å². The van der Waals surface area contributed by atoms with E-state index in [2.05, 4.69) is 41.0 Å². The molecule has 1 aliphatic heterocycles. The third kappa shape index (κ3) is 2.57. The summed E-state index contributed by atoms with van der Waals surface area (Å²) in [5, 5.41) is 3.19. The topological polar surface area (TPSA) is 41.1 Å². The lowest BCUT2D eigenvalue weighted by Crippen LogP contribution is -2.34. The van der Waals surface area contributed by atoms with Crippen molar-refractivity contribution in [2.45, 2.75) is 39.5 Å². The summed E-state index contributed by atoms with van der Waals surface area (Å²) < 4.78 is 0. The number of nitrogens with one attached hydrogen (secondary N) is 1. The third-order valence-corrected chi connectivity index (χ3v) is 3.76. The highest BCUT2D eigenvalue weighted by Gasteiger charge is 2.22. The van der Waals surface area contributed by atoms with E-state index in [-0.39, 0.29) is 0 Å². The van der Waals surface area contributed by atoms with Crippen LogP contribution >= 0.6 is 0 Å². The fraction of sp³-hybridized carbons (Fsp3) is 0.714. The third-order valence-electron chi connectivity index (χ3n) is 3.76. The molecule has 1 aromatic rings. The zero-order valence-corrected chi connectivity index (χ0v) is 11.9. The summed E-state index contributed by atoms with van der Waals surface area (Å²) in [6.07, 6.45) is 4.19. The maximum Gasteiger partial charge on any atom is 0.137 e. The van der Waals surface area contributed by atoms with Crippen LogP contribution in [0, 0.1) is 5.92 Å². The summed E-state index contributed by atoms with van der Waals surface area (Å²) in [5.74, 6) is 3.36. The lowest BCUT2D eigenvalue weighted by atomic mass is 9.97. The van der Waals surface area contributed by atoms with E-state index in [1.165, 1.54) is 18.4 Å². The summed E-state index contributed by atoms with van der Waals surface area (Å²) in [6, 6.07) is 0. The molecule has 4 heteroatoms. The molecule has 0 amide bonds. The van der Waals surface area contributed by atoms with Gasteiger partial charge in [0, 0.05) is 25.7 Å². The summed E-state index contributed by atoms with van der Waals surface area (Å²) in [6.45, 7) is 8.97. The molecule has 2 heterocycles. The normalized spacial score (nSPS) is 17.3. The molecule has 0 bridgehead atoms. The molecule has 0 radical (unpaired) electrons. The van der Waals surface area contributed by atoms with E-state index in [0.29, 0.717) is 5.92 Å². The average Bonchev–Trinajstić information content (AvgIpc) is 2.38. The molecule has 0 aromatic carbocycles. The number of piperidine rings is 1. The molecule has 0 unspecified atom stereocenters. The van der Waals surface area contributed by atoms with E-state index < -0.39 is 0 Å². The first-order chi connectivity index (χ1) is 8.63. The smallest absolute Gasteiger partial charge is 0.137 e. The Hall–Kier alpha value is -1.32. The molecule has 4 nitrogen and oxygen atoms in total. The highest BCUT2D eigenvalue weighted by atomic mass is 15.2. The molecular weight excluding hydrogens is 224 g/mol. The number of hydrogen-bond donors (Lipinski definition) is 1. The maximum absolute atomic E-state index is 4.53. The van der Waals surface area contributed by atoms with Crippen LogP contribution < -0.4 is 10.2 Å². The first-order valence-corrected chi connectivity index (χ1v) is 6.91. The van der Waals surface area contributed by atoms with Crippen LogP contribution in [0.25, 0.3) is 0 Å². The highest BCUT2D eigenvalue weighted by molar-refractivity contribution is 5.60. The maximum atomic E-state index is 4.53. The molecule has 2 rings (SSSR count). The van der Waals surface area contributed by atoms with Crippen LogP contribution in [0.2, 0.25) is 0 Å². The fourth-order valence-electron chi connectivity index (χ4n) is 2.59. The molecule has 1 fully saturated rings. The van der Waals surface area contributed by atoms with Gasteiger partial charge in [-0.2, -0.15) is 0 Å². The van der Waals surface area contributed by atoms with Gasteiger partial charge in [0.15, 0.2) is 0 Å². The summed E-state index contributed by atoms with van der Waals surface area (Å²) in [5.41, 5.74) is 1.24. The van der Waals surface area contributed by atoms with Crippen LogP contribution in [0.1, 0.15) is 45.1 Å². The molecule has 1 saturated heterocycles. The van der Waals surface area contributed by atoms with Crippen molar-refractivity contribution in [3.05, 3.63) is 11.9 Å². The zero-order valence-electron chi connectivity index (χ0n) is 11.9. The Morgan fingerprint density at radius 2 is 1.94 bits per heavy atom. The van der Waals surface area contributed by atoms with Crippen molar-refractivity contribution in [1.29, 1.82) is 0 Å². The van der Waals surface area contributed by atoms with Gasteiger partial charge in [0.1, 0.15) is 18.0 Å². The Balaban J connectivity index is 2.32. The molecule has 0 spiro atoms. The summed E-state index contributed by atoms with van der Waals surface area (Å²) in [7, 11) is 1.93. The molecule has 1 aromatic heterocycles. The minimum absolute atomic E-state index is 0.433. The minimum atomic E-state index is 0.433. The molecular formula is C14H24N4. The van der Waals surface area contributed by atoms with Gasteiger partial charge >= 0.3 is 0 Å². The molecule has 1 N–H and O–H groups in total. The zero-order chi connectivity index (χ0) is 13.1. The van der Waals surface area contributed by atoms with Crippen molar-refractivity contribution < 1.29 is 0 Å². The Labute approximate surface area is 110 Å². The number of anilines is 2. The van der Waals surface area contributed by atoms with E-state index in [1.54, 1.807) is 6.33 Å². The first-order valence-electron chi connectivity index (χ1n) is 6.91. The van der Waals surface area contributed by atoms with E-state index in [1.807, 2.05) is 7.05 Å². The van der Waals surface area contributed by atoms with Crippen molar-refractivity contribution >= 4 is 11.6 Å². The van der Waals surface area contributed by atoms with E-state index >= 15 is 0 Å². The second-order valence-electron chi connectivity index (χ2n) is 5.53. The number of hydrogen-bond acceptors (Lipinski definition) is 4. The van der Waals surface area contributed by atoms with Gasteiger partial charge in [0.2, 0.25) is 0 Å². The van der Waals surface area contributed by atoms with Crippen LogP contribution in [-0.4, -0.2) is 30.1 Å². The molecule has 100 valence electrons. The van der Waals surface area contributed by atoms with Crippen molar-refractivity contribution in [3.63, 3.8) is 0 Å². The van der Waals surface area contributed by atoms with Crippen molar-refractivity contribution in [2.75, 3.05) is 30.4 Å². The van der Waals surface area contributed by atoms with Crippen LogP contribution in [0.4, 0.5) is 11.6 Å². The van der Waals surface area contributed by atoms with Gasteiger partial charge in [0.05, 0.1) is 0 Å². The van der Waals surface area contributed by atoms with Gasteiger partial charge in [-0.15, -0.1) is 0 Å². The number of rotatable bonds is 3. The number of nitrogens with zero attached hydrogens (tertiary/aromatic N) is 3. The van der Waals surface area contributed by atoms with E-state index in [9.17, 15) is 0 Å². The Kier molecular flexibility index (Phi) is 4.04. The van der Waals surface area contributed by atoms with Crippen molar-refractivity contribution in [2.24, 2.45) is 5.92 Å². The first kappa shape index (κ1) is 13.1. The molecule has 0 saturated carbocycles. The lowest BCUT2D eigenvalue weighted by Gasteiger charge is -2.33. The average molecular weight is 248 g/mol. The van der Waals surface area contributed by atoms with Gasteiger partial charge in [0.25, 0.3) is 0 Å². The van der Waals surface area contributed by atoms with E-state index in [0.717, 1.165) is 30.6 Å². The fourth-order valence-corrected chi connectivity index (χ4v) is 2.59. The van der Waals surface area contributed by atoms with Gasteiger partial charge in [-0.1, -0.05) is 20.8 Å². The monoisotopic (exact) mass is 248 g/mol. The minimum Gasteiger partial charge on any atom is -0.373 e. The molecule has 1 aliphatic rings. The Bertz CT molecular complexity index is 395. The van der Waals surface area contributed by atoms with Gasteiger partial charge in [-0.3, -0.25) is 0 Å². The summed E-state index contributed by atoms with van der Waals surface area (Å²) in [4.78, 5) is 11.3. The van der Waals surface area contributed by atoms with Gasteiger partial charge in [-0.25, -0.2) is 9.97 Å². The van der Waals surface area contributed by atoms with Crippen LogP contribution in [0.15, 0.2) is 6.33 Å². The second-order valence-corrected chi connectivity index (χ2v) is 5.53. The predicted molar refractivity (Wildman–Crippen MR) is 76.3 cm³/mol. The molecule has 18 heavy (non-hydrogen) atoms. The van der Waals surface area contributed by atoms with Crippen molar-refractivity contribution in [3.8, 4) is 0 Å². The quantitative estimate of drug-likeness (QED) is 0.893. The standard InChI is InChI=1S/C14H24N4/c1-10(2)12-13(15-4)16-9-17-14(12)18-7-5-11(3)6-8-18/h9-11H,5-8H2,1-4H3,(H,15,16,17). The second kappa shape index (κ2) is 5.55. The Morgan fingerprint density at radius 3 is 2.50 bits per heavy atom. The predicted octanol–water partition coefficient (Wildman–Crippen LogP) is 2.88.